The normalized spacial score (nSPS) is 10.7. The van der Waals surface area contributed by atoms with Crippen LogP contribution in [0.5, 0.6) is 11.6 Å². The fourth-order valence-corrected chi connectivity index (χ4v) is 3.67. The summed E-state index contributed by atoms with van der Waals surface area (Å²) in [4.78, 5) is 25.9. The molecule has 1 aromatic carbocycles. The van der Waals surface area contributed by atoms with E-state index >= 15 is 0 Å². The lowest BCUT2D eigenvalue weighted by Crippen LogP contribution is -2.27. The van der Waals surface area contributed by atoms with E-state index in [1.807, 2.05) is 19.9 Å². The van der Waals surface area contributed by atoms with Crippen LogP contribution in [0.1, 0.15) is 53.7 Å². The van der Waals surface area contributed by atoms with Gasteiger partial charge in [-0.25, -0.2) is 0 Å². The maximum Gasteiger partial charge on any atom is 0.271 e. The lowest BCUT2D eigenvalue weighted by Gasteiger charge is -2.16. The van der Waals surface area contributed by atoms with Gasteiger partial charge in [-0.3, -0.25) is 14.2 Å². The molecule has 0 saturated heterocycles. The van der Waals surface area contributed by atoms with E-state index < -0.39 is 17.2 Å². The molecule has 7 nitrogen and oxygen atoms in total. The van der Waals surface area contributed by atoms with E-state index in [0.29, 0.717) is 26.2 Å². The van der Waals surface area contributed by atoms with Crippen molar-refractivity contribution in [3.8, 4) is 17.7 Å². The molecule has 1 heterocycles. The van der Waals surface area contributed by atoms with E-state index in [4.69, 9.17) is 32.7 Å². The molecule has 0 spiro atoms. The molecule has 0 saturated carbocycles. The molecule has 9 heteroatoms. The molecule has 0 bridgehead atoms. The summed E-state index contributed by atoms with van der Waals surface area (Å²) in [5.74, 6) is -0.862. The number of aromatic nitrogens is 1. The largest absolute Gasteiger partial charge is 0.494 e. The molecule has 0 atom stereocenters. The van der Waals surface area contributed by atoms with Crippen LogP contribution >= 0.6 is 23.2 Å². The summed E-state index contributed by atoms with van der Waals surface area (Å²) in [6, 6.07) is 4.60. The van der Waals surface area contributed by atoms with Crippen LogP contribution in [0.4, 0.5) is 0 Å². The Balaban J connectivity index is 2.56. The lowest BCUT2D eigenvalue weighted by molar-refractivity contribution is 0.103. The van der Waals surface area contributed by atoms with Crippen molar-refractivity contribution in [3.63, 3.8) is 0 Å². The Bertz CT molecular complexity index is 1050. The molecule has 0 unspecified atom stereocenters. The molecule has 0 aliphatic carbocycles. The van der Waals surface area contributed by atoms with Crippen molar-refractivity contribution in [2.45, 2.75) is 40.2 Å². The summed E-state index contributed by atoms with van der Waals surface area (Å²) < 4.78 is 11.8. The van der Waals surface area contributed by atoms with Gasteiger partial charge in [-0.15, -0.1) is 0 Å². The topological polar surface area (TPSA) is 102 Å². The highest BCUT2D eigenvalue weighted by Crippen LogP contribution is 2.36. The monoisotopic (exact) mass is 466 g/mol. The minimum atomic E-state index is -0.662. The summed E-state index contributed by atoms with van der Waals surface area (Å²) in [6.07, 6.45) is 1.17. The van der Waals surface area contributed by atoms with Gasteiger partial charge in [0, 0.05) is 25.3 Å². The molecule has 2 rings (SSSR count). The van der Waals surface area contributed by atoms with Gasteiger partial charge in [-0.2, -0.15) is 5.26 Å². The van der Waals surface area contributed by atoms with E-state index in [0.717, 1.165) is 11.0 Å². The number of nitriles is 1. The molecule has 1 aromatic heterocycles. The van der Waals surface area contributed by atoms with E-state index in [9.17, 15) is 20.0 Å². The van der Waals surface area contributed by atoms with Crippen LogP contribution in [-0.2, 0) is 11.3 Å². The zero-order valence-corrected chi connectivity index (χ0v) is 19.1. The van der Waals surface area contributed by atoms with Gasteiger partial charge in [-0.05, 0) is 44.4 Å². The molecule has 2 aromatic rings. The maximum atomic E-state index is 13.3. The molecule has 166 valence electrons. The Labute approximate surface area is 190 Å². The number of rotatable bonds is 10. The molecular formula is C22H24Cl2N2O5. The van der Waals surface area contributed by atoms with Crippen LogP contribution in [0.2, 0.25) is 10.0 Å². The number of ether oxygens (including phenoxy) is 2. The van der Waals surface area contributed by atoms with Crippen molar-refractivity contribution >= 4 is 29.0 Å². The van der Waals surface area contributed by atoms with Crippen LogP contribution in [-0.4, -0.2) is 35.3 Å². The summed E-state index contributed by atoms with van der Waals surface area (Å²) in [6.45, 7) is 6.60. The zero-order chi connectivity index (χ0) is 23.1. The van der Waals surface area contributed by atoms with Crippen LogP contribution < -0.4 is 10.3 Å². The van der Waals surface area contributed by atoms with Crippen molar-refractivity contribution in [2.75, 3.05) is 19.8 Å². The summed E-state index contributed by atoms with van der Waals surface area (Å²) in [5.41, 5.74) is -0.834. The second-order valence-electron chi connectivity index (χ2n) is 6.76. The number of hydrogen-bond donors (Lipinski definition) is 1. The smallest absolute Gasteiger partial charge is 0.271 e. The maximum absolute atomic E-state index is 13.3. The Kier molecular flexibility index (Phi) is 8.93. The number of pyridine rings is 1. The Morgan fingerprint density at radius 3 is 2.42 bits per heavy atom. The number of carbonyl (C=O) groups is 1. The number of aromatic hydroxyl groups is 1. The highest BCUT2D eigenvalue weighted by atomic mass is 35.5. The number of nitrogens with zero attached hydrogens (tertiary/aromatic N) is 2. The Hall–Kier alpha value is -2.53. The van der Waals surface area contributed by atoms with Crippen LogP contribution in [0.25, 0.3) is 0 Å². The third kappa shape index (κ3) is 5.40. The highest BCUT2D eigenvalue weighted by Gasteiger charge is 2.26. The van der Waals surface area contributed by atoms with E-state index in [1.54, 1.807) is 0 Å². The van der Waals surface area contributed by atoms with Gasteiger partial charge in [0.05, 0.1) is 22.2 Å². The van der Waals surface area contributed by atoms with Gasteiger partial charge in [0.2, 0.25) is 5.88 Å². The summed E-state index contributed by atoms with van der Waals surface area (Å²) >= 11 is 12.5. The first kappa shape index (κ1) is 24.7. The highest BCUT2D eigenvalue weighted by molar-refractivity contribution is 6.38. The van der Waals surface area contributed by atoms with E-state index in [-0.39, 0.29) is 44.6 Å². The molecule has 31 heavy (non-hydrogen) atoms. The SMILES string of the molecule is CCCOc1c(Cl)cc(C(=O)c2c(C)c(C#N)c(=O)n(CCCOCC)c2O)cc1Cl. The van der Waals surface area contributed by atoms with Gasteiger partial charge >= 0.3 is 0 Å². The standard InChI is InChI=1S/C22H24Cl2N2O5/c1-4-8-31-20-16(23)10-14(11-17(20)24)19(27)18-13(3)15(12-25)21(28)26(22(18)29)7-6-9-30-5-2/h10-11,29H,4-9H2,1-3H3. The first-order chi connectivity index (χ1) is 14.8. The quantitative estimate of drug-likeness (QED) is 0.408. The second kappa shape index (κ2) is 11.2. The molecule has 0 radical (unpaired) electrons. The molecule has 0 aliphatic heterocycles. The second-order valence-corrected chi connectivity index (χ2v) is 7.58. The first-order valence-corrected chi connectivity index (χ1v) is 10.6. The van der Waals surface area contributed by atoms with E-state index in [1.165, 1.54) is 19.1 Å². The van der Waals surface area contributed by atoms with Crippen LogP contribution in [0.15, 0.2) is 16.9 Å². The minimum Gasteiger partial charge on any atom is -0.494 e. The number of hydrogen-bond acceptors (Lipinski definition) is 6. The van der Waals surface area contributed by atoms with Crippen molar-refractivity contribution in [1.82, 2.24) is 4.57 Å². The van der Waals surface area contributed by atoms with Crippen molar-refractivity contribution in [3.05, 3.63) is 54.8 Å². The van der Waals surface area contributed by atoms with Gasteiger partial charge in [0.15, 0.2) is 11.5 Å². The predicted molar refractivity (Wildman–Crippen MR) is 119 cm³/mol. The number of halogens is 2. The van der Waals surface area contributed by atoms with Crippen molar-refractivity contribution in [2.24, 2.45) is 0 Å². The Morgan fingerprint density at radius 1 is 1.23 bits per heavy atom. The van der Waals surface area contributed by atoms with Crippen molar-refractivity contribution in [1.29, 1.82) is 5.26 Å². The third-order valence-electron chi connectivity index (χ3n) is 4.61. The van der Waals surface area contributed by atoms with Crippen LogP contribution in [0.3, 0.4) is 0 Å². The first-order valence-electron chi connectivity index (χ1n) is 9.89. The number of carbonyl (C=O) groups excluding carboxylic acids is 1. The summed E-state index contributed by atoms with van der Waals surface area (Å²) in [5, 5.41) is 20.5. The van der Waals surface area contributed by atoms with Gasteiger partial charge in [-0.1, -0.05) is 30.1 Å². The number of ketones is 1. The molecule has 0 aliphatic rings. The van der Waals surface area contributed by atoms with Gasteiger partial charge in [0.25, 0.3) is 5.56 Å². The zero-order valence-electron chi connectivity index (χ0n) is 17.6. The van der Waals surface area contributed by atoms with Gasteiger partial charge in [0.1, 0.15) is 11.6 Å². The predicted octanol–water partition coefficient (Wildman–Crippen LogP) is 4.49. The minimum absolute atomic E-state index is 0.0885. The van der Waals surface area contributed by atoms with Crippen LogP contribution in [0, 0.1) is 18.3 Å². The molecule has 0 amide bonds. The number of benzene rings is 1. The van der Waals surface area contributed by atoms with E-state index in [2.05, 4.69) is 0 Å². The lowest BCUT2D eigenvalue weighted by atomic mass is 9.97. The Morgan fingerprint density at radius 2 is 1.87 bits per heavy atom. The van der Waals surface area contributed by atoms with Gasteiger partial charge < -0.3 is 14.6 Å². The average Bonchev–Trinajstić information content (AvgIpc) is 2.72. The van der Waals surface area contributed by atoms with Crippen molar-refractivity contribution < 1.29 is 19.4 Å². The summed E-state index contributed by atoms with van der Waals surface area (Å²) in [7, 11) is 0. The third-order valence-corrected chi connectivity index (χ3v) is 5.17. The molecular weight excluding hydrogens is 443 g/mol. The fraction of sp³-hybridized carbons (Fsp3) is 0.409. The fourth-order valence-electron chi connectivity index (χ4n) is 3.08. The molecule has 1 N–H and O–H groups in total. The average molecular weight is 467 g/mol. The molecule has 0 fully saturated rings.